The van der Waals surface area contributed by atoms with E-state index in [0.717, 1.165) is 41.7 Å². The summed E-state index contributed by atoms with van der Waals surface area (Å²) in [4.78, 5) is 8.19. The molecule has 3 N–H and O–H groups in total. The van der Waals surface area contributed by atoms with E-state index in [1.165, 1.54) is 11.1 Å². The second-order valence-electron chi connectivity index (χ2n) is 7.81. The van der Waals surface area contributed by atoms with Crippen LogP contribution in [0.4, 0.5) is 0 Å². The van der Waals surface area contributed by atoms with Gasteiger partial charge in [0.2, 0.25) is 0 Å². The lowest BCUT2D eigenvalue weighted by atomic mass is 10.1. The van der Waals surface area contributed by atoms with Crippen LogP contribution in [0.5, 0.6) is 5.75 Å². The number of hydrogen-bond donors (Lipinski definition) is 3. The summed E-state index contributed by atoms with van der Waals surface area (Å²) in [6, 6.07) is 12.3. The van der Waals surface area contributed by atoms with E-state index in [1.54, 1.807) is 7.11 Å². The van der Waals surface area contributed by atoms with E-state index in [-0.39, 0.29) is 5.75 Å². The lowest BCUT2D eigenvalue weighted by molar-refractivity contribution is 0.189. The van der Waals surface area contributed by atoms with Crippen molar-refractivity contribution in [3.63, 3.8) is 0 Å². The second kappa shape index (κ2) is 7.59. The zero-order chi connectivity index (χ0) is 20.7. The van der Waals surface area contributed by atoms with Crippen molar-refractivity contribution in [1.29, 1.82) is 0 Å². The monoisotopic (exact) mass is 403 g/mol. The first-order valence-electron chi connectivity index (χ1n) is 10.2. The summed E-state index contributed by atoms with van der Waals surface area (Å²) in [5.74, 6) is 0.770. The van der Waals surface area contributed by atoms with Crippen LogP contribution in [0, 0.1) is 6.92 Å². The summed E-state index contributed by atoms with van der Waals surface area (Å²) in [5, 5.41) is 19.2. The minimum atomic E-state index is 0.143. The third kappa shape index (κ3) is 3.26. The number of fused-ring (bicyclic) bond motifs is 2. The van der Waals surface area contributed by atoms with Gasteiger partial charge in [-0.1, -0.05) is 29.8 Å². The van der Waals surface area contributed by atoms with Gasteiger partial charge in [0, 0.05) is 38.9 Å². The van der Waals surface area contributed by atoms with Crippen LogP contribution in [0.25, 0.3) is 33.8 Å². The number of hydrogen-bond acceptors (Lipinski definition) is 5. The van der Waals surface area contributed by atoms with Gasteiger partial charge in [0.25, 0.3) is 0 Å². The van der Waals surface area contributed by atoms with Crippen molar-refractivity contribution in [2.75, 3.05) is 13.7 Å². The van der Waals surface area contributed by atoms with E-state index in [2.05, 4.69) is 22.4 Å². The van der Waals surface area contributed by atoms with Crippen LogP contribution in [0.15, 0.2) is 36.4 Å². The number of methoxy groups -OCH3 is 1. The largest absolute Gasteiger partial charge is 0.504 e. The molecule has 2 aromatic carbocycles. The molecule has 5 rings (SSSR count). The molecule has 0 unspecified atom stereocenters. The summed E-state index contributed by atoms with van der Waals surface area (Å²) in [6.45, 7) is 5.03. The third-order valence-electron chi connectivity index (χ3n) is 5.63. The molecule has 0 radical (unpaired) electrons. The van der Waals surface area contributed by atoms with Crippen molar-refractivity contribution in [3.8, 4) is 28.5 Å². The van der Waals surface area contributed by atoms with Gasteiger partial charge >= 0.3 is 0 Å². The molecular weight excluding hydrogens is 378 g/mol. The number of aromatic nitrogens is 4. The average molecular weight is 403 g/mol. The van der Waals surface area contributed by atoms with E-state index in [4.69, 9.17) is 14.8 Å². The Kier molecular flexibility index (Phi) is 4.77. The zero-order valence-electron chi connectivity index (χ0n) is 17.2. The van der Waals surface area contributed by atoms with E-state index < -0.39 is 0 Å². The molecule has 2 aromatic heterocycles. The Bertz CT molecular complexity index is 1170. The number of ether oxygens (including phenoxy) is 1. The van der Waals surface area contributed by atoms with Crippen LogP contribution >= 0.6 is 0 Å². The van der Waals surface area contributed by atoms with E-state index in [1.807, 2.05) is 35.9 Å². The molecule has 0 amide bonds. The van der Waals surface area contributed by atoms with Crippen LogP contribution in [0.3, 0.4) is 0 Å². The molecule has 0 atom stereocenters. The number of aromatic amines is 1. The number of benzene rings is 2. The Hall–Kier alpha value is -3.16. The minimum Gasteiger partial charge on any atom is -0.504 e. The fourth-order valence-corrected chi connectivity index (χ4v) is 4.03. The van der Waals surface area contributed by atoms with Gasteiger partial charge in [-0.3, -0.25) is 4.68 Å². The summed E-state index contributed by atoms with van der Waals surface area (Å²) < 4.78 is 7.03. The topological polar surface area (TPSA) is 88.0 Å². The number of H-pyrrole nitrogens is 1. The highest BCUT2D eigenvalue weighted by molar-refractivity contribution is 5.83. The Labute approximate surface area is 174 Å². The van der Waals surface area contributed by atoms with Gasteiger partial charge in [0.15, 0.2) is 11.6 Å². The molecule has 4 aromatic rings. The molecule has 1 aliphatic heterocycles. The quantitative estimate of drug-likeness (QED) is 0.427. The maximum atomic E-state index is 11.1. The predicted octanol–water partition coefficient (Wildman–Crippen LogP) is 3.75. The molecule has 0 bridgehead atoms. The lowest BCUT2D eigenvalue weighted by Gasteiger charge is -2.05. The normalized spacial score (nSPS) is 13.3. The van der Waals surface area contributed by atoms with E-state index in [9.17, 15) is 5.11 Å². The molecule has 1 aliphatic rings. The molecule has 3 heterocycles. The van der Waals surface area contributed by atoms with Crippen LogP contribution < -0.4 is 5.32 Å². The molecule has 0 aliphatic carbocycles. The van der Waals surface area contributed by atoms with Gasteiger partial charge < -0.3 is 20.1 Å². The summed E-state index contributed by atoms with van der Waals surface area (Å²) >= 11 is 0. The first kappa shape index (κ1) is 18.8. The van der Waals surface area contributed by atoms with Crippen LogP contribution in [-0.2, 0) is 24.4 Å². The van der Waals surface area contributed by atoms with Crippen molar-refractivity contribution in [1.82, 2.24) is 25.1 Å². The zero-order valence-corrected chi connectivity index (χ0v) is 17.2. The molecular formula is C23H25N5O2. The first-order chi connectivity index (χ1) is 14.6. The summed E-state index contributed by atoms with van der Waals surface area (Å²) in [7, 11) is 1.69. The molecule has 0 spiro atoms. The molecule has 154 valence electrons. The Balaban J connectivity index is 1.62. The molecule has 0 fully saturated rings. The van der Waals surface area contributed by atoms with Gasteiger partial charge in [-0.05, 0) is 36.6 Å². The van der Waals surface area contributed by atoms with E-state index in [0.29, 0.717) is 30.4 Å². The fraction of sp³-hybridized carbons (Fsp3) is 0.304. The maximum absolute atomic E-state index is 11.1. The highest BCUT2D eigenvalue weighted by Crippen LogP contribution is 2.38. The minimum absolute atomic E-state index is 0.143. The van der Waals surface area contributed by atoms with Gasteiger partial charge in [-0.25, -0.2) is 4.98 Å². The maximum Gasteiger partial charge on any atom is 0.173 e. The number of imidazole rings is 1. The van der Waals surface area contributed by atoms with Crippen molar-refractivity contribution >= 4 is 11.0 Å². The Morgan fingerprint density at radius 3 is 2.67 bits per heavy atom. The van der Waals surface area contributed by atoms with Gasteiger partial charge in [-0.15, -0.1) is 0 Å². The van der Waals surface area contributed by atoms with Gasteiger partial charge in [0.1, 0.15) is 11.4 Å². The van der Waals surface area contributed by atoms with Gasteiger partial charge in [0.05, 0.1) is 11.0 Å². The third-order valence-corrected chi connectivity index (χ3v) is 5.63. The summed E-state index contributed by atoms with van der Waals surface area (Å²) in [6.07, 6.45) is 0.790. The number of nitrogens with zero attached hydrogens (tertiary/aromatic N) is 3. The number of aryl methyl sites for hydroxylation is 2. The molecule has 0 saturated heterocycles. The number of rotatable bonds is 6. The second-order valence-corrected chi connectivity index (χ2v) is 7.81. The Morgan fingerprint density at radius 1 is 1.13 bits per heavy atom. The number of nitrogens with one attached hydrogen (secondary N) is 2. The van der Waals surface area contributed by atoms with Crippen molar-refractivity contribution in [2.45, 2.75) is 33.0 Å². The first-order valence-corrected chi connectivity index (χ1v) is 10.2. The number of aromatic hydroxyl groups is 1. The van der Waals surface area contributed by atoms with E-state index >= 15 is 0 Å². The fourth-order valence-electron chi connectivity index (χ4n) is 4.03. The van der Waals surface area contributed by atoms with Crippen LogP contribution in [0.1, 0.15) is 23.1 Å². The highest BCUT2D eigenvalue weighted by atomic mass is 16.5. The summed E-state index contributed by atoms with van der Waals surface area (Å²) in [5.41, 5.74) is 7.64. The van der Waals surface area contributed by atoms with Crippen molar-refractivity contribution in [3.05, 3.63) is 53.1 Å². The van der Waals surface area contributed by atoms with Crippen molar-refractivity contribution < 1.29 is 9.84 Å². The smallest absolute Gasteiger partial charge is 0.173 e. The molecule has 7 nitrogen and oxygen atoms in total. The SMILES string of the molecule is COCCCn1nc(-c2ccc(C)cc2)c(O)c1-c1nc2cc3c(cc2[nH]1)CNC3. The van der Waals surface area contributed by atoms with Gasteiger partial charge in [-0.2, -0.15) is 5.10 Å². The van der Waals surface area contributed by atoms with Crippen LogP contribution in [0.2, 0.25) is 0 Å². The molecule has 0 saturated carbocycles. The average Bonchev–Trinajstić information content (AvgIpc) is 3.43. The molecule has 30 heavy (non-hydrogen) atoms. The van der Waals surface area contributed by atoms with Crippen molar-refractivity contribution in [2.24, 2.45) is 0 Å². The lowest BCUT2D eigenvalue weighted by Crippen LogP contribution is -2.05. The van der Waals surface area contributed by atoms with Crippen LogP contribution in [-0.4, -0.2) is 38.6 Å². The highest BCUT2D eigenvalue weighted by Gasteiger charge is 2.23. The standard InChI is InChI=1S/C23H25N5O2/c1-14-4-6-15(7-5-14)20-22(29)21(28(27-20)8-3-9-30-2)23-25-18-10-16-12-24-13-17(16)11-19(18)26-23/h4-7,10-11,24,29H,3,8-9,12-13H2,1-2H3,(H,25,26). The molecule has 7 heteroatoms. The Morgan fingerprint density at radius 2 is 1.90 bits per heavy atom. The predicted molar refractivity (Wildman–Crippen MR) is 116 cm³/mol.